The Morgan fingerprint density at radius 3 is 2.62 bits per heavy atom. The van der Waals surface area contributed by atoms with Crippen molar-refractivity contribution in [2.24, 2.45) is 5.73 Å². The molecule has 1 saturated heterocycles. The van der Waals surface area contributed by atoms with Crippen LogP contribution in [-0.4, -0.2) is 35.3 Å². The van der Waals surface area contributed by atoms with E-state index in [9.17, 15) is 8.78 Å². The van der Waals surface area contributed by atoms with Gasteiger partial charge in [0.2, 0.25) is 0 Å². The van der Waals surface area contributed by atoms with Crippen molar-refractivity contribution in [3.8, 4) is 17.0 Å². The van der Waals surface area contributed by atoms with Gasteiger partial charge in [0.15, 0.2) is 0 Å². The molecule has 2 aromatic rings. The largest absolute Gasteiger partial charge is 0.435 e. The number of hydrogen-bond acceptors (Lipinski definition) is 4. The van der Waals surface area contributed by atoms with Gasteiger partial charge in [-0.15, -0.1) is 0 Å². The van der Waals surface area contributed by atoms with Crippen LogP contribution >= 0.6 is 0 Å². The molecule has 3 rings (SSSR count). The third-order valence-electron chi connectivity index (χ3n) is 3.32. The molecule has 1 aromatic heterocycles. The summed E-state index contributed by atoms with van der Waals surface area (Å²) < 4.78 is 33.6. The Morgan fingerprint density at radius 2 is 2.05 bits per heavy atom. The maximum Gasteiger partial charge on any atom is 0.387 e. The van der Waals surface area contributed by atoms with Crippen LogP contribution in [0.25, 0.3) is 11.3 Å². The third-order valence-corrected chi connectivity index (χ3v) is 3.32. The monoisotopic (exact) mass is 295 g/mol. The van der Waals surface area contributed by atoms with Gasteiger partial charge in [-0.3, -0.25) is 0 Å². The Morgan fingerprint density at radius 1 is 1.33 bits per heavy atom. The minimum atomic E-state index is -2.82. The Kier molecular flexibility index (Phi) is 3.60. The highest BCUT2D eigenvalue weighted by molar-refractivity contribution is 5.59. The number of imidazole rings is 1. The number of H-pyrrole nitrogens is 1. The number of halogens is 2. The molecular weight excluding hydrogens is 280 g/mol. The van der Waals surface area contributed by atoms with Crippen LogP contribution < -0.4 is 10.5 Å². The van der Waals surface area contributed by atoms with Crippen LogP contribution in [0.3, 0.4) is 0 Å². The van der Waals surface area contributed by atoms with E-state index in [1.807, 2.05) is 0 Å². The van der Waals surface area contributed by atoms with Crippen molar-refractivity contribution in [2.75, 3.05) is 13.2 Å². The van der Waals surface area contributed by atoms with Crippen molar-refractivity contribution in [3.05, 3.63) is 36.3 Å². The second kappa shape index (κ2) is 5.42. The van der Waals surface area contributed by atoms with Crippen LogP contribution in [0.4, 0.5) is 8.78 Å². The summed E-state index contributed by atoms with van der Waals surface area (Å²) in [7, 11) is 0. The van der Waals surface area contributed by atoms with Gasteiger partial charge >= 0.3 is 6.61 Å². The Hall–Kier alpha value is -1.99. The predicted octanol–water partition coefficient (Wildman–Crippen LogP) is 1.95. The number of aromatic nitrogens is 2. The first-order valence-electron chi connectivity index (χ1n) is 6.50. The second-order valence-corrected chi connectivity index (χ2v) is 5.18. The van der Waals surface area contributed by atoms with E-state index < -0.39 is 6.61 Å². The lowest BCUT2D eigenvalue weighted by atomic mass is 9.94. The molecule has 21 heavy (non-hydrogen) atoms. The Balaban J connectivity index is 1.70. The summed E-state index contributed by atoms with van der Waals surface area (Å²) in [4.78, 5) is 7.47. The summed E-state index contributed by atoms with van der Waals surface area (Å²) in [6.45, 7) is -1.76. The van der Waals surface area contributed by atoms with Gasteiger partial charge in [0.25, 0.3) is 0 Å². The van der Waals surface area contributed by atoms with Crippen LogP contribution in [0.1, 0.15) is 5.82 Å². The molecule has 0 saturated carbocycles. The average Bonchev–Trinajstić information content (AvgIpc) is 2.85. The molecule has 3 N–H and O–H groups in total. The molecule has 2 heterocycles. The Labute approximate surface area is 120 Å². The van der Waals surface area contributed by atoms with Gasteiger partial charge in [0, 0.05) is 6.42 Å². The number of alkyl halides is 2. The van der Waals surface area contributed by atoms with Crippen molar-refractivity contribution >= 4 is 0 Å². The van der Waals surface area contributed by atoms with Crippen molar-refractivity contribution in [1.82, 2.24) is 9.97 Å². The molecule has 1 aromatic carbocycles. The number of hydrogen-bond donors (Lipinski definition) is 2. The van der Waals surface area contributed by atoms with E-state index in [1.54, 1.807) is 18.3 Å². The van der Waals surface area contributed by atoms with E-state index in [0.717, 1.165) is 17.1 Å². The molecule has 0 atom stereocenters. The van der Waals surface area contributed by atoms with Crippen molar-refractivity contribution in [2.45, 2.75) is 18.6 Å². The fourth-order valence-electron chi connectivity index (χ4n) is 2.21. The predicted molar refractivity (Wildman–Crippen MR) is 72.1 cm³/mol. The molecule has 0 radical (unpaired) electrons. The number of nitrogens with one attached hydrogen (secondary N) is 1. The fraction of sp³-hybridized carbons (Fsp3) is 0.357. The quantitative estimate of drug-likeness (QED) is 0.884. The fourth-order valence-corrected chi connectivity index (χ4v) is 2.21. The lowest BCUT2D eigenvalue weighted by Crippen LogP contribution is -2.59. The topological polar surface area (TPSA) is 73.2 Å². The average molecular weight is 295 g/mol. The minimum absolute atomic E-state index is 0.126. The van der Waals surface area contributed by atoms with Gasteiger partial charge in [-0.2, -0.15) is 8.78 Å². The highest BCUT2D eigenvalue weighted by Crippen LogP contribution is 2.23. The van der Waals surface area contributed by atoms with E-state index in [4.69, 9.17) is 10.5 Å². The molecule has 1 fully saturated rings. The molecule has 0 spiro atoms. The highest BCUT2D eigenvalue weighted by atomic mass is 19.3. The smallest absolute Gasteiger partial charge is 0.387 e. The van der Waals surface area contributed by atoms with Gasteiger partial charge in [0.1, 0.15) is 11.6 Å². The number of aromatic amines is 1. The number of nitrogens with two attached hydrogens (primary N) is 1. The maximum absolute atomic E-state index is 12.1. The molecule has 1 aliphatic heterocycles. The summed E-state index contributed by atoms with van der Waals surface area (Å²) in [6.07, 6.45) is 2.31. The highest BCUT2D eigenvalue weighted by Gasteiger charge is 2.35. The molecule has 5 nitrogen and oxygen atoms in total. The Bertz CT molecular complexity index is 609. The maximum atomic E-state index is 12.1. The van der Waals surface area contributed by atoms with Gasteiger partial charge in [0.05, 0.1) is 30.6 Å². The van der Waals surface area contributed by atoms with Gasteiger partial charge in [-0.05, 0) is 29.8 Å². The number of nitrogens with zero attached hydrogens (tertiary/aromatic N) is 1. The summed E-state index contributed by atoms with van der Waals surface area (Å²) >= 11 is 0. The first kappa shape index (κ1) is 14.0. The molecule has 112 valence electrons. The zero-order valence-corrected chi connectivity index (χ0v) is 11.2. The molecule has 0 bridgehead atoms. The van der Waals surface area contributed by atoms with Crippen LogP contribution in [-0.2, 0) is 11.2 Å². The number of ether oxygens (including phenoxy) is 2. The molecule has 0 unspecified atom stereocenters. The first-order valence-corrected chi connectivity index (χ1v) is 6.50. The van der Waals surface area contributed by atoms with Crippen LogP contribution in [0.15, 0.2) is 30.5 Å². The molecule has 7 heteroatoms. The summed E-state index contributed by atoms with van der Waals surface area (Å²) in [5, 5.41) is 0. The van der Waals surface area contributed by atoms with Crippen LogP contribution in [0.5, 0.6) is 5.75 Å². The van der Waals surface area contributed by atoms with Crippen LogP contribution in [0.2, 0.25) is 0 Å². The first-order chi connectivity index (χ1) is 10.0. The summed E-state index contributed by atoms with van der Waals surface area (Å²) in [5.41, 5.74) is 7.38. The van der Waals surface area contributed by atoms with E-state index in [-0.39, 0.29) is 11.3 Å². The SMILES string of the molecule is NC1(Cc2ncc(-c3ccc(OC(F)F)cc3)[nH]2)COC1. The van der Waals surface area contributed by atoms with E-state index in [2.05, 4.69) is 14.7 Å². The minimum Gasteiger partial charge on any atom is -0.435 e. The lowest BCUT2D eigenvalue weighted by molar-refractivity contribution is -0.0537. The number of rotatable bonds is 5. The molecule has 0 aliphatic carbocycles. The normalized spacial score (nSPS) is 16.8. The van der Waals surface area contributed by atoms with Crippen molar-refractivity contribution in [3.63, 3.8) is 0 Å². The second-order valence-electron chi connectivity index (χ2n) is 5.18. The van der Waals surface area contributed by atoms with E-state index in [1.165, 1.54) is 12.1 Å². The van der Waals surface area contributed by atoms with Crippen LogP contribution in [0, 0.1) is 0 Å². The number of benzene rings is 1. The zero-order chi connectivity index (χ0) is 14.9. The molecule has 0 amide bonds. The summed E-state index contributed by atoms with van der Waals surface area (Å²) in [6, 6.07) is 6.37. The van der Waals surface area contributed by atoms with Gasteiger partial charge in [-0.25, -0.2) is 4.98 Å². The molecular formula is C14H15F2N3O2. The zero-order valence-electron chi connectivity index (χ0n) is 11.2. The van der Waals surface area contributed by atoms with Crippen molar-refractivity contribution in [1.29, 1.82) is 0 Å². The molecule has 1 aliphatic rings. The van der Waals surface area contributed by atoms with Gasteiger partial charge in [-0.1, -0.05) is 0 Å². The standard InChI is InChI=1S/C14H15F2N3O2/c15-13(16)21-10-3-1-9(2-4-10)11-6-18-12(19-11)5-14(17)7-20-8-14/h1-4,6,13H,5,7-8,17H2,(H,18,19). The summed E-state index contributed by atoms with van der Waals surface area (Å²) in [5.74, 6) is 0.907. The third kappa shape index (κ3) is 3.20. The van der Waals surface area contributed by atoms with Gasteiger partial charge < -0.3 is 20.2 Å². The van der Waals surface area contributed by atoms with E-state index in [0.29, 0.717) is 19.6 Å². The lowest BCUT2D eigenvalue weighted by Gasteiger charge is -2.37. The van der Waals surface area contributed by atoms with Crippen molar-refractivity contribution < 1.29 is 18.3 Å². The van der Waals surface area contributed by atoms with E-state index >= 15 is 0 Å².